The third-order valence-electron chi connectivity index (χ3n) is 1.63. The van der Waals surface area contributed by atoms with Crippen LogP contribution in [0.25, 0.3) is 0 Å². The summed E-state index contributed by atoms with van der Waals surface area (Å²) < 4.78 is 21.1. The van der Waals surface area contributed by atoms with Gasteiger partial charge >= 0.3 is 0 Å². The number of carbonyl (C=O) groups excluding carboxylic acids is 1. The maximum atomic E-state index is 10.0. The standard InChI is InChI=1S/C10H20O6.C4H12N/c1-13-4-5-15-8-9-16-7-6-14-3-2-10(11)12;1-5(2,3)4/h2-9H2,1H3,(H,11,12);1-4H3/q;+1/p-1. The van der Waals surface area contributed by atoms with Crippen LogP contribution in [0.3, 0.4) is 0 Å². The zero-order valence-corrected chi connectivity index (χ0v) is 14.1. The fourth-order valence-corrected chi connectivity index (χ4v) is 0.840. The summed E-state index contributed by atoms with van der Waals surface area (Å²) >= 11 is 0. The van der Waals surface area contributed by atoms with Crippen LogP contribution in [0.4, 0.5) is 0 Å². The Bertz CT molecular complexity index is 224. The van der Waals surface area contributed by atoms with Crippen molar-refractivity contribution in [2.24, 2.45) is 0 Å². The first-order chi connectivity index (χ1) is 9.77. The molecule has 0 unspecified atom stereocenters. The number of methoxy groups -OCH3 is 1. The van der Waals surface area contributed by atoms with Crippen molar-refractivity contribution in [2.75, 3.05) is 81.5 Å². The zero-order chi connectivity index (χ0) is 16.6. The fraction of sp³-hybridized carbons (Fsp3) is 0.929. The molecule has 0 fully saturated rings. The number of quaternary nitrogens is 1. The average molecular weight is 309 g/mol. The Balaban J connectivity index is 0. The normalized spacial score (nSPS) is 10.9. The van der Waals surface area contributed by atoms with Gasteiger partial charge in [0, 0.05) is 19.5 Å². The molecule has 0 heterocycles. The number of carboxylic acid groups (broad SMARTS) is 1. The lowest BCUT2D eigenvalue weighted by molar-refractivity contribution is -0.849. The lowest BCUT2D eigenvalue weighted by Crippen LogP contribution is -2.27. The molecule has 0 amide bonds. The van der Waals surface area contributed by atoms with Gasteiger partial charge in [-0.05, 0) is 0 Å². The summed E-state index contributed by atoms with van der Waals surface area (Å²) in [7, 11) is 10.1. The molecular formula is C14H31NO6. The minimum Gasteiger partial charge on any atom is -0.550 e. The first-order valence-electron chi connectivity index (χ1n) is 6.98. The van der Waals surface area contributed by atoms with E-state index in [1.807, 2.05) is 0 Å². The van der Waals surface area contributed by atoms with E-state index in [2.05, 4.69) is 28.2 Å². The molecule has 0 N–H and O–H groups in total. The quantitative estimate of drug-likeness (QED) is 0.345. The molecule has 0 aromatic rings. The molecule has 0 aromatic carbocycles. The smallest absolute Gasteiger partial charge is 0.0701 e. The fourth-order valence-electron chi connectivity index (χ4n) is 0.840. The van der Waals surface area contributed by atoms with Crippen LogP contribution in [0.15, 0.2) is 0 Å². The highest BCUT2D eigenvalue weighted by atomic mass is 16.6. The lowest BCUT2D eigenvalue weighted by atomic mass is 10.5. The summed E-state index contributed by atoms with van der Waals surface area (Å²) in [6, 6.07) is 0. The molecule has 0 aromatic heterocycles. The van der Waals surface area contributed by atoms with E-state index in [-0.39, 0.29) is 13.0 Å². The van der Waals surface area contributed by atoms with Crippen LogP contribution in [-0.2, 0) is 23.7 Å². The van der Waals surface area contributed by atoms with E-state index in [4.69, 9.17) is 18.9 Å². The van der Waals surface area contributed by atoms with Crippen LogP contribution in [0.2, 0.25) is 0 Å². The molecule has 7 nitrogen and oxygen atoms in total. The van der Waals surface area contributed by atoms with Gasteiger partial charge in [-0.15, -0.1) is 0 Å². The third kappa shape index (κ3) is 38.2. The monoisotopic (exact) mass is 309 g/mol. The van der Waals surface area contributed by atoms with Crippen molar-refractivity contribution in [2.45, 2.75) is 6.42 Å². The SMILES string of the molecule is COCCOCCOCCOCCC(=O)[O-].C[N+](C)(C)C. The number of ether oxygens (including phenoxy) is 4. The van der Waals surface area contributed by atoms with Gasteiger partial charge in [-0.2, -0.15) is 0 Å². The van der Waals surface area contributed by atoms with Crippen molar-refractivity contribution in [1.82, 2.24) is 0 Å². The second-order valence-electron chi connectivity index (χ2n) is 5.64. The average Bonchev–Trinajstić information content (AvgIpc) is 2.33. The van der Waals surface area contributed by atoms with Gasteiger partial charge in [-0.25, -0.2) is 0 Å². The van der Waals surface area contributed by atoms with E-state index in [0.29, 0.717) is 39.6 Å². The molecule has 0 saturated heterocycles. The highest BCUT2D eigenvalue weighted by molar-refractivity contribution is 5.64. The summed E-state index contributed by atoms with van der Waals surface area (Å²) in [5.74, 6) is -1.10. The van der Waals surface area contributed by atoms with E-state index in [1.165, 1.54) is 0 Å². The second-order valence-corrected chi connectivity index (χ2v) is 5.64. The molecule has 7 heteroatoms. The minimum absolute atomic E-state index is 0.0832. The molecule has 0 bridgehead atoms. The van der Waals surface area contributed by atoms with Crippen molar-refractivity contribution in [3.8, 4) is 0 Å². The highest BCUT2D eigenvalue weighted by Crippen LogP contribution is 1.83. The Kier molecular flexibility index (Phi) is 16.8. The summed E-state index contributed by atoms with van der Waals surface area (Å²) in [6.45, 7) is 3.12. The number of carboxylic acids is 1. The molecule has 0 aliphatic heterocycles. The number of hydrogen-bond acceptors (Lipinski definition) is 6. The number of nitrogens with zero attached hydrogens (tertiary/aromatic N) is 1. The number of rotatable bonds is 12. The van der Waals surface area contributed by atoms with Crippen LogP contribution in [0.5, 0.6) is 0 Å². The van der Waals surface area contributed by atoms with E-state index >= 15 is 0 Å². The van der Waals surface area contributed by atoms with Gasteiger partial charge in [0.05, 0.1) is 74.4 Å². The molecule has 0 radical (unpaired) electrons. The molecule has 0 saturated carbocycles. The van der Waals surface area contributed by atoms with Crippen LogP contribution in [0.1, 0.15) is 6.42 Å². The topological polar surface area (TPSA) is 77.0 Å². The Morgan fingerprint density at radius 2 is 1.14 bits per heavy atom. The Morgan fingerprint density at radius 1 is 0.810 bits per heavy atom. The predicted molar refractivity (Wildman–Crippen MR) is 77.9 cm³/mol. The van der Waals surface area contributed by atoms with Gasteiger partial charge in [-0.1, -0.05) is 0 Å². The first kappa shape index (κ1) is 22.5. The van der Waals surface area contributed by atoms with E-state index in [0.717, 1.165) is 4.48 Å². The Morgan fingerprint density at radius 3 is 1.48 bits per heavy atom. The third-order valence-corrected chi connectivity index (χ3v) is 1.63. The largest absolute Gasteiger partial charge is 0.550 e. The molecule has 0 atom stereocenters. The predicted octanol–water partition coefficient (Wildman–Crippen LogP) is -0.855. The molecule has 0 rings (SSSR count). The summed E-state index contributed by atoms with van der Waals surface area (Å²) in [5, 5.41) is 10.0. The summed E-state index contributed by atoms with van der Waals surface area (Å²) in [4.78, 5) is 10.0. The second kappa shape index (κ2) is 15.7. The lowest BCUT2D eigenvalue weighted by Gasteiger charge is -2.14. The summed E-state index contributed by atoms with van der Waals surface area (Å²) in [6.07, 6.45) is -0.0832. The van der Waals surface area contributed by atoms with E-state index in [9.17, 15) is 9.90 Å². The van der Waals surface area contributed by atoms with Crippen molar-refractivity contribution >= 4 is 5.97 Å². The first-order valence-corrected chi connectivity index (χ1v) is 6.98. The number of carbonyl (C=O) groups is 1. The van der Waals surface area contributed by atoms with Gasteiger partial charge in [0.1, 0.15) is 0 Å². The van der Waals surface area contributed by atoms with Gasteiger partial charge in [-0.3, -0.25) is 0 Å². The van der Waals surface area contributed by atoms with E-state index in [1.54, 1.807) is 7.11 Å². The van der Waals surface area contributed by atoms with Crippen molar-refractivity contribution in [3.63, 3.8) is 0 Å². The Labute approximate surface area is 128 Å². The van der Waals surface area contributed by atoms with Crippen molar-refractivity contribution < 1.29 is 33.3 Å². The highest BCUT2D eigenvalue weighted by Gasteiger charge is 1.92. The molecule has 0 spiro atoms. The summed E-state index contributed by atoms with van der Waals surface area (Å²) in [5.41, 5.74) is 0. The molecule has 0 aliphatic carbocycles. The Hall–Kier alpha value is -0.730. The van der Waals surface area contributed by atoms with Crippen LogP contribution >= 0.6 is 0 Å². The molecule has 0 aliphatic rings. The van der Waals surface area contributed by atoms with Gasteiger partial charge < -0.3 is 33.3 Å². The molecular weight excluding hydrogens is 278 g/mol. The van der Waals surface area contributed by atoms with Crippen LogP contribution in [0, 0.1) is 0 Å². The molecule has 21 heavy (non-hydrogen) atoms. The molecule has 128 valence electrons. The van der Waals surface area contributed by atoms with Crippen molar-refractivity contribution in [3.05, 3.63) is 0 Å². The van der Waals surface area contributed by atoms with Gasteiger partial charge in [0.15, 0.2) is 0 Å². The van der Waals surface area contributed by atoms with Crippen molar-refractivity contribution in [1.29, 1.82) is 0 Å². The van der Waals surface area contributed by atoms with Crippen LogP contribution in [-0.4, -0.2) is 92.0 Å². The van der Waals surface area contributed by atoms with Crippen LogP contribution < -0.4 is 5.11 Å². The van der Waals surface area contributed by atoms with Gasteiger partial charge in [0.25, 0.3) is 0 Å². The number of hydrogen-bond donors (Lipinski definition) is 0. The number of aliphatic carboxylic acids is 1. The van der Waals surface area contributed by atoms with Gasteiger partial charge in [0.2, 0.25) is 0 Å². The maximum absolute atomic E-state index is 10.0. The zero-order valence-electron chi connectivity index (χ0n) is 14.1. The maximum Gasteiger partial charge on any atom is 0.0701 e. The minimum atomic E-state index is -1.10. The van der Waals surface area contributed by atoms with E-state index < -0.39 is 5.97 Å².